The second-order valence-corrected chi connectivity index (χ2v) is 22.4. The molecule has 1 unspecified atom stereocenters. The molecule has 0 radical (unpaired) electrons. The summed E-state index contributed by atoms with van der Waals surface area (Å²) in [7, 11) is 0. The maximum Gasteiger partial charge on any atom is 0.306 e. The summed E-state index contributed by atoms with van der Waals surface area (Å²) in [5, 5.41) is 0. The van der Waals surface area contributed by atoms with Crippen LogP contribution in [-0.4, -0.2) is 37.2 Å². The lowest BCUT2D eigenvalue weighted by Gasteiger charge is -2.18. The van der Waals surface area contributed by atoms with Crippen molar-refractivity contribution >= 4 is 17.9 Å². The van der Waals surface area contributed by atoms with Crippen molar-refractivity contribution in [1.29, 1.82) is 0 Å². The Kier molecular flexibility index (Phi) is 62.7. The third-order valence-electron chi connectivity index (χ3n) is 14.7. The normalized spacial score (nSPS) is 12.5. The zero-order valence-electron chi connectivity index (χ0n) is 51.2. The highest BCUT2D eigenvalue weighted by atomic mass is 16.6. The predicted molar refractivity (Wildman–Crippen MR) is 335 cm³/mol. The summed E-state index contributed by atoms with van der Waals surface area (Å²) in [4.78, 5) is 37.9. The van der Waals surface area contributed by atoms with Crippen molar-refractivity contribution in [1.82, 2.24) is 0 Å². The number of esters is 3. The van der Waals surface area contributed by atoms with Crippen molar-refractivity contribution in [3.63, 3.8) is 0 Å². The van der Waals surface area contributed by atoms with E-state index in [4.69, 9.17) is 14.2 Å². The van der Waals surface area contributed by atoms with E-state index in [9.17, 15) is 14.4 Å². The number of carbonyl (C=O) groups excluding carboxylic acids is 3. The maximum atomic E-state index is 12.8. The van der Waals surface area contributed by atoms with E-state index in [1.807, 2.05) is 0 Å². The lowest BCUT2D eigenvalue weighted by atomic mass is 10.0. The fourth-order valence-electron chi connectivity index (χ4n) is 9.74. The van der Waals surface area contributed by atoms with E-state index in [1.165, 1.54) is 186 Å². The van der Waals surface area contributed by atoms with Crippen molar-refractivity contribution in [2.24, 2.45) is 0 Å². The van der Waals surface area contributed by atoms with Crippen LogP contribution in [0.25, 0.3) is 0 Å². The van der Waals surface area contributed by atoms with Crippen LogP contribution in [0, 0.1) is 0 Å². The van der Waals surface area contributed by atoms with E-state index < -0.39 is 6.10 Å². The minimum absolute atomic E-state index is 0.0834. The first-order valence-corrected chi connectivity index (χ1v) is 33.4. The van der Waals surface area contributed by atoms with Crippen LogP contribution in [0.5, 0.6) is 0 Å². The molecule has 1 atom stereocenters. The Morgan fingerprint density at radius 2 is 0.506 bits per heavy atom. The van der Waals surface area contributed by atoms with Crippen molar-refractivity contribution in [2.45, 2.75) is 348 Å². The monoisotopic (exact) mass is 1070 g/mol. The summed E-state index contributed by atoms with van der Waals surface area (Å²) in [6.07, 6.45) is 85.6. The Morgan fingerprint density at radius 1 is 0.273 bits per heavy atom. The molecule has 0 saturated heterocycles. The first kappa shape index (κ1) is 73.8. The van der Waals surface area contributed by atoms with Crippen molar-refractivity contribution in [2.75, 3.05) is 13.2 Å². The van der Waals surface area contributed by atoms with Gasteiger partial charge < -0.3 is 14.2 Å². The van der Waals surface area contributed by atoms with Gasteiger partial charge in [0.2, 0.25) is 0 Å². The molecule has 0 heterocycles. The van der Waals surface area contributed by atoms with Crippen LogP contribution in [-0.2, 0) is 28.6 Å². The minimum atomic E-state index is -0.785. The van der Waals surface area contributed by atoms with Crippen molar-refractivity contribution in [3.05, 3.63) is 72.9 Å². The van der Waals surface area contributed by atoms with Crippen LogP contribution in [0.4, 0.5) is 0 Å². The average molecular weight is 1080 g/mol. The van der Waals surface area contributed by atoms with E-state index in [-0.39, 0.29) is 31.1 Å². The Hall–Kier alpha value is -3.15. The molecule has 6 heteroatoms. The second-order valence-electron chi connectivity index (χ2n) is 22.4. The number of unbranched alkanes of at least 4 members (excludes halogenated alkanes) is 38. The SMILES string of the molecule is CC/C=C\C/C=C\C/C=C\C/C=C\C/C=C\C/C=C\CCCCCCC(=O)OC(COC(=O)CCCCCCC)COC(=O)CCCCCCCCCCCCCCCCCCCCCCCCCCCCCCCCC. The summed E-state index contributed by atoms with van der Waals surface area (Å²) in [5.41, 5.74) is 0. The lowest BCUT2D eigenvalue weighted by Crippen LogP contribution is -2.30. The summed E-state index contributed by atoms with van der Waals surface area (Å²) < 4.78 is 16.8. The summed E-state index contributed by atoms with van der Waals surface area (Å²) in [6.45, 7) is 6.46. The molecule has 0 saturated carbocycles. The van der Waals surface area contributed by atoms with E-state index in [1.54, 1.807) is 0 Å². The smallest absolute Gasteiger partial charge is 0.306 e. The van der Waals surface area contributed by atoms with Crippen molar-refractivity contribution in [3.8, 4) is 0 Å². The molecule has 0 aromatic rings. The van der Waals surface area contributed by atoms with Crippen LogP contribution in [0.3, 0.4) is 0 Å². The van der Waals surface area contributed by atoms with Crippen LogP contribution in [0.15, 0.2) is 72.9 Å². The fourth-order valence-corrected chi connectivity index (χ4v) is 9.74. The molecule has 0 spiro atoms. The lowest BCUT2D eigenvalue weighted by molar-refractivity contribution is -0.167. The fraction of sp³-hybridized carbons (Fsp3) is 0.789. The Labute approximate surface area is 478 Å². The molecule has 0 aliphatic rings. The third-order valence-corrected chi connectivity index (χ3v) is 14.7. The first-order chi connectivity index (χ1) is 38.0. The number of rotatable bonds is 61. The number of ether oxygens (including phenoxy) is 3. The summed E-state index contributed by atoms with van der Waals surface area (Å²) in [5.74, 6) is -0.910. The number of hydrogen-bond acceptors (Lipinski definition) is 6. The Morgan fingerprint density at radius 3 is 0.792 bits per heavy atom. The van der Waals surface area contributed by atoms with Gasteiger partial charge in [-0.1, -0.05) is 325 Å². The minimum Gasteiger partial charge on any atom is -0.462 e. The van der Waals surface area contributed by atoms with Gasteiger partial charge in [0.05, 0.1) is 0 Å². The number of hydrogen-bond donors (Lipinski definition) is 0. The van der Waals surface area contributed by atoms with Crippen LogP contribution >= 0.6 is 0 Å². The second kappa shape index (κ2) is 65.4. The molecule has 0 rings (SSSR count). The molecular weight excluding hydrogens is 949 g/mol. The van der Waals surface area contributed by atoms with Crippen molar-refractivity contribution < 1.29 is 28.6 Å². The molecule has 0 aliphatic heterocycles. The molecule has 0 aromatic carbocycles. The number of allylic oxidation sites excluding steroid dienone is 12. The van der Waals surface area contributed by atoms with E-state index in [0.29, 0.717) is 19.3 Å². The summed E-state index contributed by atoms with van der Waals surface area (Å²) in [6, 6.07) is 0. The molecule has 0 aromatic heterocycles. The van der Waals surface area contributed by atoms with Gasteiger partial charge in [0, 0.05) is 19.3 Å². The molecule has 446 valence electrons. The largest absolute Gasteiger partial charge is 0.462 e. The average Bonchev–Trinajstić information content (AvgIpc) is 3.43. The zero-order chi connectivity index (χ0) is 55.7. The van der Waals surface area contributed by atoms with Gasteiger partial charge in [-0.05, 0) is 70.6 Å². The molecular formula is C71H126O6. The van der Waals surface area contributed by atoms with Crippen LogP contribution in [0.1, 0.15) is 342 Å². The van der Waals surface area contributed by atoms with Crippen LogP contribution in [0.2, 0.25) is 0 Å². The zero-order valence-corrected chi connectivity index (χ0v) is 51.2. The third kappa shape index (κ3) is 63.6. The molecule has 0 aliphatic carbocycles. The van der Waals surface area contributed by atoms with Gasteiger partial charge in [-0.25, -0.2) is 0 Å². The van der Waals surface area contributed by atoms with E-state index >= 15 is 0 Å². The highest BCUT2D eigenvalue weighted by Gasteiger charge is 2.19. The molecule has 0 N–H and O–H groups in total. The van der Waals surface area contributed by atoms with Gasteiger partial charge in [0.15, 0.2) is 6.10 Å². The van der Waals surface area contributed by atoms with Gasteiger partial charge in [0.1, 0.15) is 13.2 Å². The highest BCUT2D eigenvalue weighted by Crippen LogP contribution is 2.18. The molecule has 6 nitrogen and oxygen atoms in total. The first-order valence-electron chi connectivity index (χ1n) is 33.4. The van der Waals surface area contributed by atoms with Gasteiger partial charge in [0.25, 0.3) is 0 Å². The molecule has 0 bridgehead atoms. The Bertz CT molecular complexity index is 1420. The van der Waals surface area contributed by atoms with Gasteiger partial charge in [-0.2, -0.15) is 0 Å². The summed E-state index contributed by atoms with van der Waals surface area (Å²) >= 11 is 0. The molecule has 0 fully saturated rings. The number of carbonyl (C=O) groups is 3. The van der Waals surface area contributed by atoms with E-state index in [0.717, 1.165) is 116 Å². The van der Waals surface area contributed by atoms with Gasteiger partial charge in [-0.3, -0.25) is 14.4 Å². The van der Waals surface area contributed by atoms with Gasteiger partial charge >= 0.3 is 17.9 Å². The van der Waals surface area contributed by atoms with Crippen LogP contribution < -0.4 is 0 Å². The highest BCUT2D eigenvalue weighted by molar-refractivity contribution is 5.71. The molecule has 77 heavy (non-hydrogen) atoms. The maximum absolute atomic E-state index is 12.8. The topological polar surface area (TPSA) is 78.9 Å². The predicted octanol–water partition coefficient (Wildman–Crippen LogP) is 22.9. The quantitative estimate of drug-likeness (QED) is 0.0261. The standard InChI is InChI=1S/C71H126O6/c1-4-7-10-13-15-17-19-21-23-25-27-29-31-32-33-34-35-36-37-38-40-41-43-45-47-49-51-53-55-58-61-64-70(73)76-67-68(66-75-69(72)63-60-57-12-9-6-3)77-71(74)65-62-59-56-54-52-50-48-46-44-42-39-30-28-26-24-22-20-18-16-14-11-8-5-2/h8,11,16,18,22,24,28,30,42,44,48,50,68H,4-7,9-10,12-15,17,19-21,23,25-27,29,31-41,43,45-47,49,51-67H2,1-3H3/b11-8-,18-16-,24-22-,30-28-,44-42-,50-48-. The molecule has 0 amide bonds. The Balaban J connectivity index is 3.99. The van der Waals surface area contributed by atoms with Gasteiger partial charge in [-0.15, -0.1) is 0 Å². The van der Waals surface area contributed by atoms with E-state index in [2.05, 4.69) is 93.7 Å².